The number of amides is 1. The molecular formula is C21H26N2O2. The Morgan fingerprint density at radius 2 is 2.04 bits per heavy atom. The smallest absolute Gasteiger partial charge is 0.224 e. The summed E-state index contributed by atoms with van der Waals surface area (Å²) < 4.78 is 0. The third kappa shape index (κ3) is 3.85. The summed E-state index contributed by atoms with van der Waals surface area (Å²) >= 11 is 0. The first-order valence-electron chi connectivity index (χ1n) is 8.77. The predicted octanol–water partition coefficient (Wildman–Crippen LogP) is 2.66. The minimum atomic E-state index is -0.144. The van der Waals surface area contributed by atoms with Gasteiger partial charge >= 0.3 is 0 Å². The quantitative estimate of drug-likeness (QED) is 0.758. The zero-order valence-corrected chi connectivity index (χ0v) is 14.8. The first kappa shape index (κ1) is 17.5. The van der Waals surface area contributed by atoms with Crippen LogP contribution in [-0.2, 0) is 16.6 Å². The predicted molar refractivity (Wildman–Crippen MR) is 99.4 cm³/mol. The highest BCUT2D eigenvalue weighted by molar-refractivity contribution is 5.84. The number of carbonyl (C=O) groups is 1. The van der Waals surface area contributed by atoms with Gasteiger partial charge in [-0.2, -0.15) is 0 Å². The standard InChI is InChI=1S/C21H26N2O2/c1-14-10-15(8-9-19(14)24)11-17(22)13-23-20(25)18-12-21(18,2)16-6-4-3-5-7-16/h3-10,17-18,24H,11-13,22H2,1-2H3,(H,23,25)/t17-,18-,21+/m0/s1. The Balaban J connectivity index is 1.50. The van der Waals surface area contributed by atoms with E-state index in [1.54, 1.807) is 6.07 Å². The molecule has 1 amide bonds. The van der Waals surface area contributed by atoms with Crippen LogP contribution < -0.4 is 11.1 Å². The lowest BCUT2D eigenvalue weighted by molar-refractivity contribution is -0.122. The number of nitrogens with one attached hydrogen (secondary N) is 1. The average molecular weight is 338 g/mol. The van der Waals surface area contributed by atoms with E-state index in [0.717, 1.165) is 17.5 Å². The van der Waals surface area contributed by atoms with Crippen molar-refractivity contribution in [1.82, 2.24) is 5.32 Å². The summed E-state index contributed by atoms with van der Waals surface area (Å²) in [6.45, 7) is 4.47. The molecular weight excluding hydrogens is 312 g/mol. The number of rotatable bonds is 6. The highest BCUT2D eigenvalue weighted by Gasteiger charge is 2.55. The minimum absolute atomic E-state index is 0.0259. The van der Waals surface area contributed by atoms with Crippen molar-refractivity contribution >= 4 is 5.91 Å². The van der Waals surface area contributed by atoms with Gasteiger partial charge in [0.15, 0.2) is 0 Å². The van der Waals surface area contributed by atoms with E-state index in [1.807, 2.05) is 37.3 Å². The second-order valence-corrected chi connectivity index (χ2v) is 7.37. The number of hydrogen-bond acceptors (Lipinski definition) is 3. The van der Waals surface area contributed by atoms with Crippen LogP contribution in [-0.4, -0.2) is 23.6 Å². The molecule has 1 aliphatic rings. The maximum absolute atomic E-state index is 12.5. The fraction of sp³-hybridized carbons (Fsp3) is 0.381. The molecule has 3 atom stereocenters. The molecule has 0 aromatic heterocycles. The molecule has 4 nitrogen and oxygen atoms in total. The highest BCUT2D eigenvalue weighted by Crippen LogP contribution is 2.53. The number of nitrogens with two attached hydrogens (primary N) is 1. The Morgan fingerprint density at radius 3 is 2.72 bits per heavy atom. The lowest BCUT2D eigenvalue weighted by Crippen LogP contribution is -2.40. The van der Waals surface area contributed by atoms with Gasteiger partial charge in [0.05, 0.1) is 0 Å². The number of phenolic OH excluding ortho intramolecular Hbond substituents is 1. The maximum Gasteiger partial charge on any atom is 0.224 e. The number of phenols is 1. The van der Waals surface area contributed by atoms with Crippen molar-refractivity contribution in [1.29, 1.82) is 0 Å². The molecule has 1 aliphatic carbocycles. The van der Waals surface area contributed by atoms with Crippen molar-refractivity contribution in [3.63, 3.8) is 0 Å². The van der Waals surface area contributed by atoms with Crippen LogP contribution in [0.5, 0.6) is 5.75 Å². The van der Waals surface area contributed by atoms with Gasteiger partial charge in [-0.25, -0.2) is 0 Å². The highest BCUT2D eigenvalue weighted by atomic mass is 16.3. The molecule has 0 aliphatic heterocycles. The van der Waals surface area contributed by atoms with Crippen molar-refractivity contribution in [3.8, 4) is 5.75 Å². The van der Waals surface area contributed by atoms with E-state index in [2.05, 4.69) is 24.4 Å². The van der Waals surface area contributed by atoms with Gasteiger partial charge in [-0.15, -0.1) is 0 Å². The number of carbonyl (C=O) groups excluding carboxylic acids is 1. The van der Waals surface area contributed by atoms with E-state index in [9.17, 15) is 9.90 Å². The van der Waals surface area contributed by atoms with Crippen LogP contribution >= 0.6 is 0 Å². The number of benzene rings is 2. The Morgan fingerprint density at radius 1 is 1.32 bits per heavy atom. The normalized spacial score (nSPS) is 23.1. The van der Waals surface area contributed by atoms with Gasteiger partial charge in [0.1, 0.15) is 5.75 Å². The zero-order chi connectivity index (χ0) is 18.0. The summed E-state index contributed by atoms with van der Waals surface area (Å²) in [4.78, 5) is 12.5. The van der Waals surface area contributed by atoms with Gasteiger partial charge in [-0.05, 0) is 42.5 Å². The molecule has 0 radical (unpaired) electrons. The average Bonchev–Trinajstić information content (AvgIpc) is 3.30. The summed E-state index contributed by atoms with van der Waals surface area (Å²) in [5, 5.41) is 12.6. The maximum atomic E-state index is 12.5. The van der Waals surface area contributed by atoms with Crippen LogP contribution in [0.3, 0.4) is 0 Å². The van der Waals surface area contributed by atoms with Gasteiger partial charge in [0.2, 0.25) is 5.91 Å². The first-order valence-corrected chi connectivity index (χ1v) is 8.77. The molecule has 0 bridgehead atoms. The molecule has 3 rings (SSSR count). The van der Waals surface area contributed by atoms with Crippen LogP contribution in [0.1, 0.15) is 30.0 Å². The largest absolute Gasteiger partial charge is 0.508 e. The number of hydrogen-bond donors (Lipinski definition) is 3. The van der Waals surface area contributed by atoms with Crippen LogP contribution in [0.4, 0.5) is 0 Å². The van der Waals surface area contributed by atoms with E-state index in [0.29, 0.717) is 18.7 Å². The van der Waals surface area contributed by atoms with E-state index in [-0.39, 0.29) is 23.3 Å². The van der Waals surface area contributed by atoms with Gasteiger partial charge in [-0.1, -0.05) is 49.4 Å². The van der Waals surface area contributed by atoms with Crippen LogP contribution in [0, 0.1) is 12.8 Å². The summed E-state index contributed by atoms with van der Waals surface area (Å²) in [5.41, 5.74) is 9.24. The molecule has 4 N–H and O–H groups in total. The Labute approximate surface area is 149 Å². The SMILES string of the molecule is Cc1cc(C[C@H](N)CNC(=O)[C@@H]2C[C@]2(C)c2ccccc2)ccc1O. The summed E-state index contributed by atoms with van der Waals surface area (Å²) in [5.74, 6) is 0.404. The fourth-order valence-corrected chi connectivity index (χ4v) is 3.46. The Kier molecular flexibility index (Phi) is 4.82. The van der Waals surface area contributed by atoms with Crippen molar-refractivity contribution in [2.75, 3.05) is 6.54 Å². The van der Waals surface area contributed by atoms with E-state index < -0.39 is 0 Å². The number of aromatic hydroxyl groups is 1. The first-order chi connectivity index (χ1) is 11.9. The zero-order valence-electron chi connectivity index (χ0n) is 14.8. The van der Waals surface area contributed by atoms with Crippen molar-refractivity contribution in [2.45, 2.75) is 38.1 Å². The second kappa shape index (κ2) is 6.89. The molecule has 1 saturated carbocycles. The Bertz CT molecular complexity index is 760. The molecule has 25 heavy (non-hydrogen) atoms. The fourth-order valence-electron chi connectivity index (χ4n) is 3.46. The molecule has 1 fully saturated rings. The topological polar surface area (TPSA) is 75.3 Å². The third-order valence-corrected chi connectivity index (χ3v) is 5.28. The molecule has 0 saturated heterocycles. The number of aryl methyl sites for hydroxylation is 1. The van der Waals surface area contributed by atoms with E-state index >= 15 is 0 Å². The lowest BCUT2D eigenvalue weighted by Gasteiger charge is -2.15. The monoisotopic (exact) mass is 338 g/mol. The van der Waals surface area contributed by atoms with Crippen molar-refractivity contribution in [2.24, 2.45) is 11.7 Å². The van der Waals surface area contributed by atoms with Gasteiger partial charge in [-0.3, -0.25) is 4.79 Å². The van der Waals surface area contributed by atoms with Crippen molar-refractivity contribution in [3.05, 3.63) is 65.2 Å². The molecule has 4 heteroatoms. The summed E-state index contributed by atoms with van der Waals surface area (Å²) in [6.07, 6.45) is 1.55. The van der Waals surface area contributed by atoms with Crippen LogP contribution in [0.25, 0.3) is 0 Å². The molecule has 132 valence electrons. The summed E-state index contributed by atoms with van der Waals surface area (Å²) in [6, 6.07) is 15.6. The minimum Gasteiger partial charge on any atom is -0.508 e. The third-order valence-electron chi connectivity index (χ3n) is 5.28. The van der Waals surface area contributed by atoms with Crippen LogP contribution in [0.15, 0.2) is 48.5 Å². The molecule has 2 aromatic rings. The van der Waals surface area contributed by atoms with Gasteiger partial charge in [0, 0.05) is 23.9 Å². The van der Waals surface area contributed by atoms with Crippen molar-refractivity contribution < 1.29 is 9.90 Å². The summed E-state index contributed by atoms with van der Waals surface area (Å²) in [7, 11) is 0. The van der Waals surface area contributed by atoms with Gasteiger partial charge < -0.3 is 16.2 Å². The molecule has 0 spiro atoms. The van der Waals surface area contributed by atoms with Crippen LogP contribution in [0.2, 0.25) is 0 Å². The van der Waals surface area contributed by atoms with E-state index in [1.165, 1.54) is 5.56 Å². The lowest BCUT2D eigenvalue weighted by atomic mass is 9.95. The molecule has 0 heterocycles. The second-order valence-electron chi connectivity index (χ2n) is 7.37. The molecule has 0 unspecified atom stereocenters. The van der Waals surface area contributed by atoms with Gasteiger partial charge in [0.25, 0.3) is 0 Å². The Hall–Kier alpha value is -2.33. The molecule has 2 aromatic carbocycles. The van der Waals surface area contributed by atoms with E-state index in [4.69, 9.17) is 5.73 Å².